The van der Waals surface area contributed by atoms with E-state index in [9.17, 15) is 4.79 Å². The van der Waals surface area contributed by atoms with Crippen molar-refractivity contribution >= 4 is 17.3 Å². The van der Waals surface area contributed by atoms with E-state index in [0.29, 0.717) is 6.04 Å². The van der Waals surface area contributed by atoms with Gasteiger partial charge in [-0.15, -0.1) is 0 Å². The van der Waals surface area contributed by atoms with Crippen LogP contribution >= 0.6 is 0 Å². The molecule has 2 rings (SSSR count). The fourth-order valence-electron chi connectivity index (χ4n) is 3.07. The van der Waals surface area contributed by atoms with Gasteiger partial charge in [-0.25, -0.2) is 0 Å². The van der Waals surface area contributed by atoms with Crippen LogP contribution in [0.1, 0.15) is 52.9 Å². The molecule has 0 saturated heterocycles. The number of rotatable bonds is 5. The van der Waals surface area contributed by atoms with Crippen molar-refractivity contribution in [3.63, 3.8) is 0 Å². The van der Waals surface area contributed by atoms with E-state index in [4.69, 9.17) is 0 Å². The first kappa shape index (κ1) is 15.9. The third-order valence-corrected chi connectivity index (χ3v) is 4.44. The van der Waals surface area contributed by atoms with Crippen LogP contribution in [-0.2, 0) is 4.79 Å². The van der Waals surface area contributed by atoms with E-state index in [-0.39, 0.29) is 11.8 Å². The lowest BCUT2D eigenvalue weighted by atomic mass is 9.83. The van der Waals surface area contributed by atoms with E-state index in [1.54, 1.807) is 0 Å². The number of benzene rings is 1. The first-order valence-electron chi connectivity index (χ1n) is 8.27. The monoisotopic (exact) mass is 288 g/mol. The summed E-state index contributed by atoms with van der Waals surface area (Å²) in [7, 11) is 0. The van der Waals surface area contributed by atoms with Gasteiger partial charge in [0.25, 0.3) is 0 Å². The highest BCUT2D eigenvalue weighted by molar-refractivity contribution is 5.92. The maximum absolute atomic E-state index is 11.8. The topological polar surface area (TPSA) is 41.1 Å². The van der Waals surface area contributed by atoms with Gasteiger partial charge in [0.1, 0.15) is 0 Å². The predicted octanol–water partition coefficient (Wildman–Crippen LogP) is 4.66. The van der Waals surface area contributed by atoms with Crippen molar-refractivity contribution in [1.29, 1.82) is 0 Å². The largest absolute Gasteiger partial charge is 0.382 e. The highest BCUT2D eigenvalue weighted by Crippen LogP contribution is 2.30. The van der Waals surface area contributed by atoms with Gasteiger partial charge in [-0.1, -0.05) is 46.1 Å². The van der Waals surface area contributed by atoms with Crippen molar-refractivity contribution in [3.8, 4) is 0 Å². The Kier molecular flexibility index (Phi) is 5.66. The smallest absolute Gasteiger partial charge is 0.226 e. The number of carbonyl (C=O) groups excluding carboxylic acids is 1. The maximum atomic E-state index is 11.8. The van der Waals surface area contributed by atoms with Gasteiger partial charge in [0.15, 0.2) is 0 Å². The molecule has 0 aromatic heterocycles. The number of anilines is 2. The van der Waals surface area contributed by atoms with Gasteiger partial charge in [0.05, 0.1) is 0 Å². The number of carbonyl (C=O) groups is 1. The molecule has 116 valence electrons. The van der Waals surface area contributed by atoms with E-state index in [0.717, 1.165) is 17.3 Å². The van der Waals surface area contributed by atoms with Gasteiger partial charge in [0.2, 0.25) is 5.91 Å². The van der Waals surface area contributed by atoms with Crippen LogP contribution in [0.15, 0.2) is 24.3 Å². The average molecular weight is 288 g/mol. The first-order valence-corrected chi connectivity index (χ1v) is 8.27. The Bertz CT molecular complexity index is 470. The summed E-state index contributed by atoms with van der Waals surface area (Å²) in [4.78, 5) is 11.8. The van der Waals surface area contributed by atoms with Crippen molar-refractivity contribution in [2.75, 3.05) is 10.6 Å². The third kappa shape index (κ3) is 4.48. The summed E-state index contributed by atoms with van der Waals surface area (Å²) in [5.41, 5.74) is 1.99. The van der Waals surface area contributed by atoms with Crippen LogP contribution in [0.2, 0.25) is 0 Å². The van der Waals surface area contributed by atoms with Crippen LogP contribution in [0.4, 0.5) is 11.4 Å². The SMILES string of the molecule is CCC1CCCCC1Nc1cccc(NC(=O)C(C)C)c1. The molecule has 0 bridgehead atoms. The molecule has 1 saturated carbocycles. The fraction of sp³-hybridized carbons (Fsp3) is 0.611. The number of hydrogen-bond acceptors (Lipinski definition) is 2. The Morgan fingerprint density at radius 2 is 1.95 bits per heavy atom. The lowest BCUT2D eigenvalue weighted by Gasteiger charge is -2.32. The molecule has 2 unspecified atom stereocenters. The fourth-order valence-corrected chi connectivity index (χ4v) is 3.07. The van der Waals surface area contributed by atoms with Crippen LogP contribution in [-0.4, -0.2) is 11.9 Å². The molecule has 1 aromatic carbocycles. The van der Waals surface area contributed by atoms with Crippen LogP contribution in [0.25, 0.3) is 0 Å². The molecule has 3 heteroatoms. The number of hydrogen-bond donors (Lipinski definition) is 2. The summed E-state index contributed by atoms with van der Waals surface area (Å²) in [6.45, 7) is 6.10. The Morgan fingerprint density at radius 1 is 1.24 bits per heavy atom. The minimum Gasteiger partial charge on any atom is -0.382 e. The van der Waals surface area contributed by atoms with Gasteiger partial charge < -0.3 is 10.6 Å². The molecule has 0 aliphatic heterocycles. The van der Waals surface area contributed by atoms with Gasteiger partial charge in [-0.2, -0.15) is 0 Å². The van der Waals surface area contributed by atoms with E-state index in [1.165, 1.54) is 32.1 Å². The van der Waals surface area contributed by atoms with E-state index in [2.05, 4.69) is 23.6 Å². The number of amides is 1. The molecule has 1 fully saturated rings. The van der Waals surface area contributed by atoms with Gasteiger partial charge in [-0.3, -0.25) is 4.79 Å². The second-order valence-corrected chi connectivity index (χ2v) is 6.43. The first-order chi connectivity index (χ1) is 10.1. The zero-order valence-corrected chi connectivity index (χ0v) is 13.5. The Morgan fingerprint density at radius 3 is 2.67 bits per heavy atom. The summed E-state index contributed by atoms with van der Waals surface area (Å²) in [5, 5.41) is 6.64. The zero-order chi connectivity index (χ0) is 15.2. The molecule has 1 amide bonds. The molecule has 1 aliphatic rings. The molecular weight excluding hydrogens is 260 g/mol. The van der Waals surface area contributed by atoms with Gasteiger partial charge in [-0.05, 0) is 37.0 Å². The summed E-state index contributed by atoms with van der Waals surface area (Å²) >= 11 is 0. The van der Waals surface area contributed by atoms with Crippen molar-refractivity contribution in [2.24, 2.45) is 11.8 Å². The van der Waals surface area contributed by atoms with Crippen molar-refractivity contribution < 1.29 is 4.79 Å². The Labute approximate surface area is 128 Å². The van der Waals surface area contributed by atoms with E-state index < -0.39 is 0 Å². The Balaban J connectivity index is 2.01. The molecule has 0 spiro atoms. The quantitative estimate of drug-likeness (QED) is 0.827. The highest BCUT2D eigenvalue weighted by atomic mass is 16.1. The molecule has 0 heterocycles. The molecular formula is C18H28N2O. The van der Waals surface area contributed by atoms with E-state index >= 15 is 0 Å². The van der Waals surface area contributed by atoms with Crippen molar-refractivity contribution in [3.05, 3.63) is 24.3 Å². The molecule has 0 radical (unpaired) electrons. The summed E-state index contributed by atoms with van der Waals surface area (Å²) in [6, 6.07) is 8.65. The molecule has 2 atom stereocenters. The van der Waals surface area contributed by atoms with Crippen LogP contribution in [0.5, 0.6) is 0 Å². The molecule has 1 aliphatic carbocycles. The van der Waals surface area contributed by atoms with Crippen LogP contribution in [0.3, 0.4) is 0 Å². The Hall–Kier alpha value is -1.51. The highest BCUT2D eigenvalue weighted by Gasteiger charge is 2.23. The summed E-state index contributed by atoms with van der Waals surface area (Å²) in [5.74, 6) is 0.841. The van der Waals surface area contributed by atoms with Crippen molar-refractivity contribution in [1.82, 2.24) is 0 Å². The standard InChI is InChI=1S/C18H28N2O/c1-4-14-8-5-6-11-17(14)19-15-9-7-10-16(12-15)20-18(21)13(2)3/h7,9-10,12-14,17,19H,4-6,8,11H2,1-3H3,(H,20,21). The van der Waals surface area contributed by atoms with Crippen LogP contribution < -0.4 is 10.6 Å². The van der Waals surface area contributed by atoms with Crippen molar-refractivity contribution in [2.45, 2.75) is 58.9 Å². The lowest BCUT2D eigenvalue weighted by Crippen LogP contribution is -2.31. The molecule has 1 aromatic rings. The second-order valence-electron chi connectivity index (χ2n) is 6.43. The maximum Gasteiger partial charge on any atom is 0.226 e. The molecule has 3 nitrogen and oxygen atoms in total. The third-order valence-electron chi connectivity index (χ3n) is 4.44. The van der Waals surface area contributed by atoms with Gasteiger partial charge >= 0.3 is 0 Å². The molecule has 21 heavy (non-hydrogen) atoms. The average Bonchev–Trinajstić information content (AvgIpc) is 2.48. The predicted molar refractivity (Wildman–Crippen MR) is 89.6 cm³/mol. The summed E-state index contributed by atoms with van der Waals surface area (Å²) in [6.07, 6.45) is 6.50. The zero-order valence-electron chi connectivity index (χ0n) is 13.5. The van der Waals surface area contributed by atoms with Gasteiger partial charge in [0, 0.05) is 23.3 Å². The second kappa shape index (κ2) is 7.48. The van der Waals surface area contributed by atoms with Crippen LogP contribution in [0, 0.1) is 11.8 Å². The number of nitrogens with one attached hydrogen (secondary N) is 2. The summed E-state index contributed by atoms with van der Waals surface area (Å²) < 4.78 is 0. The minimum atomic E-state index is 0.00410. The van der Waals surface area contributed by atoms with E-state index in [1.807, 2.05) is 32.0 Å². The normalized spacial score (nSPS) is 22.1. The minimum absolute atomic E-state index is 0.00410. The lowest BCUT2D eigenvalue weighted by molar-refractivity contribution is -0.118. The molecule has 2 N–H and O–H groups in total.